The summed E-state index contributed by atoms with van der Waals surface area (Å²) in [5.74, 6) is -0.314. The van der Waals surface area contributed by atoms with Crippen molar-refractivity contribution in [2.24, 2.45) is 0 Å². The zero-order valence-electron chi connectivity index (χ0n) is 18.8. The average molecular weight is 423 g/mol. The molecule has 0 aliphatic heterocycles. The Morgan fingerprint density at radius 1 is 0.750 bits per heavy atom. The lowest BCUT2D eigenvalue weighted by molar-refractivity contribution is -0.679. The van der Waals surface area contributed by atoms with E-state index in [-0.39, 0.29) is 5.97 Å². The molecule has 0 atom stereocenters. The molecule has 0 aliphatic carbocycles. The first-order valence-corrected chi connectivity index (χ1v) is 11.0. The number of rotatable bonds is 6. The maximum atomic E-state index is 13.1. The maximum Gasteiger partial charge on any atom is 0.403 e. The predicted octanol–water partition coefficient (Wildman–Crippen LogP) is 6.15. The zero-order chi connectivity index (χ0) is 22.5. The molecule has 0 unspecified atom stereocenters. The lowest BCUT2D eigenvalue weighted by atomic mass is 10.00. The molecule has 0 fully saturated rings. The minimum Gasteiger partial charge on any atom is -0.458 e. The van der Waals surface area contributed by atoms with Gasteiger partial charge in [0.15, 0.2) is 6.54 Å². The standard InChI is InChI=1S/C29H28NO2/c1-4-32-29(31)28-19-26(24-8-6-5-7-9-24)18-27(25-16-12-22(3)13-17-25)30(28)20-23-14-10-21(2)11-15-23/h5-19H,4,20H2,1-3H3/q+1. The summed E-state index contributed by atoms with van der Waals surface area (Å²) in [5.41, 5.74) is 8.18. The number of aromatic nitrogens is 1. The Labute approximate surface area is 189 Å². The number of benzene rings is 3. The van der Waals surface area contributed by atoms with Crippen LogP contribution in [0.5, 0.6) is 0 Å². The molecular weight excluding hydrogens is 394 g/mol. The predicted molar refractivity (Wildman–Crippen MR) is 128 cm³/mol. The van der Waals surface area contributed by atoms with Crippen LogP contribution in [0, 0.1) is 13.8 Å². The number of carbonyl (C=O) groups is 1. The van der Waals surface area contributed by atoms with Crippen LogP contribution in [0.2, 0.25) is 0 Å². The van der Waals surface area contributed by atoms with Crippen LogP contribution in [0.15, 0.2) is 91.0 Å². The van der Waals surface area contributed by atoms with Gasteiger partial charge in [0.25, 0.3) is 5.69 Å². The van der Waals surface area contributed by atoms with E-state index < -0.39 is 0 Å². The molecule has 32 heavy (non-hydrogen) atoms. The van der Waals surface area contributed by atoms with Crippen LogP contribution < -0.4 is 4.57 Å². The summed E-state index contributed by atoms with van der Waals surface area (Å²) < 4.78 is 7.54. The highest BCUT2D eigenvalue weighted by molar-refractivity contribution is 5.88. The van der Waals surface area contributed by atoms with E-state index in [0.717, 1.165) is 27.9 Å². The average Bonchev–Trinajstić information content (AvgIpc) is 2.82. The van der Waals surface area contributed by atoms with Crippen molar-refractivity contribution in [1.29, 1.82) is 0 Å². The van der Waals surface area contributed by atoms with Gasteiger partial charge in [-0.15, -0.1) is 0 Å². The molecule has 1 heterocycles. The van der Waals surface area contributed by atoms with Crippen LogP contribution in [0.25, 0.3) is 22.4 Å². The molecule has 0 N–H and O–H groups in total. The molecule has 160 valence electrons. The van der Waals surface area contributed by atoms with Crippen molar-refractivity contribution < 1.29 is 14.1 Å². The topological polar surface area (TPSA) is 30.2 Å². The smallest absolute Gasteiger partial charge is 0.403 e. The number of hydrogen-bond acceptors (Lipinski definition) is 2. The van der Waals surface area contributed by atoms with Gasteiger partial charge in [-0.1, -0.05) is 77.9 Å². The van der Waals surface area contributed by atoms with Gasteiger partial charge >= 0.3 is 5.97 Å². The molecule has 1 aromatic heterocycles. The van der Waals surface area contributed by atoms with Gasteiger partial charge in [0.1, 0.15) is 0 Å². The van der Waals surface area contributed by atoms with E-state index in [1.807, 2.05) is 31.2 Å². The van der Waals surface area contributed by atoms with Gasteiger partial charge in [-0.3, -0.25) is 0 Å². The van der Waals surface area contributed by atoms with Crippen LogP contribution in [0.3, 0.4) is 0 Å². The highest BCUT2D eigenvalue weighted by Gasteiger charge is 2.27. The first-order chi connectivity index (χ1) is 15.5. The van der Waals surface area contributed by atoms with Crippen molar-refractivity contribution in [1.82, 2.24) is 0 Å². The molecule has 0 aliphatic rings. The Morgan fingerprint density at radius 3 is 2.00 bits per heavy atom. The molecule has 3 heteroatoms. The van der Waals surface area contributed by atoms with Crippen molar-refractivity contribution in [3.05, 3.63) is 113 Å². The van der Waals surface area contributed by atoms with Crippen molar-refractivity contribution in [2.45, 2.75) is 27.3 Å². The zero-order valence-corrected chi connectivity index (χ0v) is 18.8. The lowest BCUT2D eigenvalue weighted by Gasteiger charge is -2.12. The van der Waals surface area contributed by atoms with E-state index in [0.29, 0.717) is 18.8 Å². The number of nitrogens with zero attached hydrogens (tertiary/aromatic N) is 1. The fourth-order valence-corrected chi connectivity index (χ4v) is 3.80. The third kappa shape index (κ3) is 4.78. The third-order valence-electron chi connectivity index (χ3n) is 5.57. The number of ether oxygens (including phenoxy) is 1. The minimum absolute atomic E-state index is 0.314. The Hall–Kier alpha value is -3.72. The van der Waals surface area contributed by atoms with Gasteiger partial charge in [0, 0.05) is 23.3 Å². The first kappa shape index (κ1) is 21.5. The second-order valence-electron chi connectivity index (χ2n) is 8.04. The molecule has 4 rings (SSSR count). The lowest BCUT2D eigenvalue weighted by Crippen LogP contribution is -2.44. The van der Waals surface area contributed by atoms with Gasteiger partial charge in [0.2, 0.25) is 5.69 Å². The second-order valence-corrected chi connectivity index (χ2v) is 8.04. The summed E-state index contributed by atoms with van der Waals surface area (Å²) in [6.45, 7) is 6.90. The maximum absolute atomic E-state index is 13.1. The monoisotopic (exact) mass is 422 g/mol. The molecule has 3 aromatic carbocycles. The van der Waals surface area contributed by atoms with Crippen molar-refractivity contribution in [2.75, 3.05) is 6.61 Å². The summed E-state index contributed by atoms with van der Waals surface area (Å²) in [6.07, 6.45) is 0. The van der Waals surface area contributed by atoms with Gasteiger partial charge in [0.05, 0.1) is 6.61 Å². The van der Waals surface area contributed by atoms with E-state index in [9.17, 15) is 4.79 Å². The quantitative estimate of drug-likeness (QED) is 0.276. The number of aryl methyl sites for hydroxylation is 2. The normalized spacial score (nSPS) is 10.7. The molecule has 4 aromatic rings. The van der Waals surface area contributed by atoms with E-state index >= 15 is 0 Å². The summed E-state index contributed by atoms with van der Waals surface area (Å²) in [5, 5.41) is 0. The van der Waals surface area contributed by atoms with Crippen LogP contribution in [-0.4, -0.2) is 12.6 Å². The van der Waals surface area contributed by atoms with Crippen molar-refractivity contribution >= 4 is 5.97 Å². The Balaban J connectivity index is 1.95. The highest BCUT2D eigenvalue weighted by Crippen LogP contribution is 2.26. The van der Waals surface area contributed by atoms with E-state index in [4.69, 9.17) is 4.74 Å². The molecular formula is C29H28NO2+. The largest absolute Gasteiger partial charge is 0.458 e. The number of hydrogen-bond donors (Lipinski definition) is 0. The minimum atomic E-state index is -0.314. The van der Waals surface area contributed by atoms with Crippen molar-refractivity contribution in [3.8, 4) is 22.4 Å². The SMILES string of the molecule is CCOC(=O)c1cc(-c2ccccc2)cc(-c2ccc(C)cc2)[n+]1Cc1ccc(C)cc1. The number of carbonyl (C=O) groups excluding carboxylic acids is 1. The molecule has 3 nitrogen and oxygen atoms in total. The Bertz CT molecular complexity index is 1210. The second kappa shape index (κ2) is 9.61. The van der Waals surface area contributed by atoms with Crippen LogP contribution >= 0.6 is 0 Å². The van der Waals surface area contributed by atoms with Crippen LogP contribution in [0.1, 0.15) is 34.1 Å². The van der Waals surface area contributed by atoms with Gasteiger partial charge in [-0.2, -0.15) is 4.57 Å². The molecule has 0 bridgehead atoms. The summed E-state index contributed by atoms with van der Waals surface area (Å²) in [7, 11) is 0. The van der Waals surface area contributed by atoms with Crippen molar-refractivity contribution in [3.63, 3.8) is 0 Å². The summed E-state index contributed by atoms with van der Waals surface area (Å²) >= 11 is 0. The Morgan fingerprint density at radius 2 is 1.38 bits per heavy atom. The fourth-order valence-electron chi connectivity index (χ4n) is 3.80. The molecule has 0 saturated carbocycles. The van der Waals surface area contributed by atoms with E-state index in [1.54, 1.807) is 0 Å². The van der Waals surface area contributed by atoms with Gasteiger partial charge in [-0.25, -0.2) is 4.79 Å². The number of pyridine rings is 1. The van der Waals surface area contributed by atoms with E-state index in [2.05, 4.69) is 85.1 Å². The summed E-state index contributed by atoms with van der Waals surface area (Å²) in [4.78, 5) is 13.1. The molecule has 0 radical (unpaired) electrons. The first-order valence-electron chi connectivity index (χ1n) is 11.0. The van der Waals surface area contributed by atoms with E-state index in [1.165, 1.54) is 11.1 Å². The molecule has 0 amide bonds. The Kier molecular flexibility index (Phi) is 6.46. The summed E-state index contributed by atoms with van der Waals surface area (Å²) in [6, 6.07) is 31.1. The van der Waals surface area contributed by atoms with Gasteiger partial charge in [-0.05, 0) is 44.0 Å². The van der Waals surface area contributed by atoms with Crippen LogP contribution in [-0.2, 0) is 11.3 Å². The number of esters is 1. The highest BCUT2D eigenvalue weighted by atomic mass is 16.5. The fraction of sp³-hybridized carbons (Fsp3) is 0.172. The molecule has 0 saturated heterocycles. The third-order valence-corrected chi connectivity index (χ3v) is 5.57. The molecule has 0 spiro atoms. The van der Waals surface area contributed by atoms with Gasteiger partial charge < -0.3 is 4.74 Å². The van der Waals surface area contributed by atoms with Crippen LogP contribution in [0.4, 0.5) is 0 Å².